The molecule has 240 valence electrons. The SMILES string of the molecule is CC(C)C[C@H]1ON(C(=O)/C=C/c2nc3ccccc3s2)[C@H]2CN([C@H]3CCN(CCCCO)C3)C(=O)[C@H](CC(C)(C)C)N2C1=O. The molecule has 3 aliphatic rings. The van der Waals surface area contributed by atoms with Crippen LogP contribution >= 0.6 is 11.3 Å². The second-order valence-electron chi connectivity index (χ2n) is 13.9. The highest BCUT2D eigenvalue weighted by atomic mass is 32.1. The fourth-order valence-electron chi connectivity index (χ4n) is 6.54. The largest absolute Gasteiger partial charge is 0.396 e. The number of rotatable bonds is 10. The van der Waals surface area contributed by atoms with Crippen molar-refractivity contribution >= 4 is 45.4 Å². The Bertz CT molecular complexity index is 1340. The Labute approximate surface area is 264 Å². The fourth-order valence-corrected chi connectivity index (χ4v) is 7.41. The van der Waals surface area contributed by atoms with Gasteiger partial charge in [0.05, 0.1) is 16.8 Å². The van der Waals surface area contributed by atoms with Crippen LogP contribution in [0.25, 0.3) is 16.3 Å². The number of nitrogens with zero attached hydrogens (tertiary/aromatic N) is 5. The van der Waals surface area contributed by atoms with Gasteiger partial charge in [0.25, 0.3) is 11.8 Å². The van der Waals surface area contributed by atoms with Gasteiger partial charge in [-0.3, -0.25) is 19.2 Å². The van der Waals surface area contributed by atoms with E-state index in [1.54, 1.807) is 11.0 Å². The number of hydrogen-bond acceptors (Lipinski definition) is 8. The number of aromatic nitrogens is 1. The van der Waals surface area contributed by atoms with Crippen molar-refractivity contribution in [2.45, 2.75) is 91.1 Å². The summed E-state index contributed by atoms with van der Waals surface area (Å²) in [6.45, 7) is 13.1. The maximum absolute atomic E-state index is 14.3. The summed E-state index contributed by atoms with van der Waals surface area (Å²) >= 11 is 1.50. The van der Waals surface area contributed by atoms with Gasteiger partial charge in [0.1, 0.15) is 11.0 Å². The number of fused-ring (bicyclic) bond motifs is 2. The highest BCUT2D eigenvalue weighted by Gasteiger charge is 2.54. The van der Waals surface area contributed by atoms with Gasteiger partial charge in [-0.2, -0.15) is 5.06 Å². The van der Waals surface area contributed by atoms with E-state index in [4.69, 9.17) is 4.84 Å². The molecule has 1 N–H and O–H groups in total. The Kier molecular flexibility index (Phi) is 10.1. The third-order valence-corrected chi connectivity index (χ3v) is 9.59. The zero-order valence-electron chi connectivity index (χ0n) is 26.6. The lowest BCUT2D eigenvalue weighted by molar-refractivity contribution is -0.275. The van der Waals surface area contributed by atoms with E-state index in [-0.39, 0.29) is 48.2 Å². The number of thiazole rings is 1. The molecule has 4 atom stereocenters. The number of benzene rings is 1. The van der Waals surface area contributed by atoms with Crippen molar-refractivity contribution in [2.75, 3.05) is 32.8 Å². The van der Waals surface area contributed by atoms with Gasteiger partial charge in [-0.1, -0.05) is 46.8 Å². The zero-order chi connectivity index (χ0) is 31.6. The number of unbranched alkanes of at least 4 members (excludes halogenated alkanes) is 1. The quantitative estimate of drug-likeness (QED) is 0.312. The normalized spacial score (nSPS) is 25.2. The molecule has 1 aromatic carbocycles. The van der Waals surface area contributed by atoms with E-state index in [2.05, 4.69) is 30.7 Å². The molecule has 11 heteroatoms. The second-order valence-corrected chi connectivity index (χ2v) is 15.0. The van der Waals surface area contributed by atoms with Crippen molar-refractivity contribution in [3.05, 3.63) is 35.3 Å². The van der Waals surface area contributed by atoms with Crippen LogP contribution in [0.3, 0.4) is 0 Å². The number of aliphatic hydroxyl groups is 1. The van der Waals surface area contributed by atoms with Gasteiger partial charge in [-0.25, -0.2) is 4.98 Å². The lowest BCUT2D eigenvalue weighted by atomic mass is 9.85. The first kappa shape index (κ1) is 32.5. The molecule has 2 aromatic rings. The third-order valence-electron chi connectivity index (χ3n) is 8.58. The minimum atomic E-state index is -0.846. The molecule has 1 aromatic heterocycles. The maximum Gasteiger partial charge on any atom is 0.272 e. The van der Waals surface area contributed by atoms with Crippen molar-refractivity contribution in [2.24, 2.45) is 11.3 Å². The van der Waals surface area contributed by atoms with Crippen molar-refractivity contribution in [1.29, 1.82) is 0 Å². The van der Waals surface area contributed by atoms with Crippen LogP contribution in [0.15, 0.2) is 30.3 Å². The highest BCUT2D eigenvalue weighted by Crippen LogP contribution is 2.36. The lowest BCUT2D eigenvalue weighted by Gasteiger charge is -2.54. The Morgan fingerprint density at radius 2 is 1.93 bits per heavy atom. The molecule has 10 nitrogen and oxygen atoms in total. The van der Waals surface area contributed by atoms with E-state index in [0.717, 1.165) is 49.1 Å². The van der Waals surface area contributed by atoms with Crippen LogP contribution in [0.2, 0.25) is 0 Å². The number of amides is 3. The molecule has 3 amide bonds. The van der Waals surface area contributed by atoms with Gasteiger partial charge >= 0.3 is 0 Å². The summed E-state index contributed by atoms with van der Waals surface area (Å²) in [6, 6.07) is 7.14. The molecule has 0 bridgehead atoms. The number of para-hydroxylation sites is 1. The van der Waals surface area contributed by atoms with Crippen LogP contribution in [-0.4, -0.2) is 105 Å². The number of hydroxylamine groups is 2. The van der Waals surface area contributed by atoms with Crippen LogP contribution in [0, 0.1) is 11.3 Å². The highest BCUT2D eigenvalue weighted by molar-refractivity contribution is 7.19. The number of aliphatic hydroxyl groups excluding tert-OH is 1. The van der Waals surface area contributed by atoms with Gasteiger partial charge < -0.3 is 19.8 Å². The topological polar surface area (TPSA) is 107 Å². The van der Waals surface area contributed by atoms with Gasteiger partial charge in [0.15, 0.2) is 12.3 Å². The summed E-state index contributed by atoms with van der Waals surface area (Å²) in [5.41, 5.74) is 0.647. The van der Waals surface area contributed by atoms with Crippen molar-refractivity contribution in [3.8, 4) is 0 Å². The molecule has 0 unspecified atom stereocenters. The smallest absolute Gasteiger partial charge is 0.272 e. The fraction of sp³-hybridized carbons (Fsp3) is 0.636. The van der Waals surface area contributed by atoms with Crippen LogP contribution in [0.5, 0.6) is 0 Å². The minimum absolute atomic E-state index is 0.0139. The van der Waals surface area contributed by atoms with Gasteiger partial charge in [0.2, 0.25) is 5.91 Å². The molecule has 0 spiro atoms. The van der Waals surface area contributed by atoms with Gasteiger partial charge in [-0.15, -0.1) is 11.3 Å². The van der Waals surface area contributed by atoms with Gasteiger partial charge in [0, 0.05) is 31.8 Å². The predicted molar refractivity (Wildman–Crippen MR) is 171 cm³/mol. The van der Waals surface area contributed by atoms with Crippen molar-refractivity contribution in [1.82, 2.24) is 24.7 Å². The minimum Gasteiger partial charge on any atom is -0.396 e. The van der Waals surface area contributed by atoms with E-state index in [9.17, 15) is 19.5 Å². The Hall–Kier alpha value is -2.86. The van der Waals surface area contributed by atoms with Crippen LogP contribution in [0.4, 0.5) is 0 Å². The first-order chi connectivity index (χ1) is 20.9. The summed E-state index contributed by atoms with van der Waals surface area (Å²) in [4.78, 5) is 59.0. The zero-order valence-corrected chi connectivity index (χ0v) is 27.5. The molecule has 0 radical (unpaired) electrons. The van der Waals surface area contributed by atoms with Gasteiger partial charge in [-0.05, 0) is 68.2 Å². The lowest BCUT2D eigenvalue weighted by Crippen LogP contribution is -2.74. The average Bonchev–Trinajstić information content (AvgIpc) is 3.60. The van der Waals surface area contributed by atoms with Crippen LogP contribution in [-0.2, 0) is 19.2 Å². The number of piperazine rings is 1. The maximum atomic E-state index is 14.3. The number of carbonyl (C=O) groups excluding carboxylic acids is 3. The van der Waals surface area contributed by atoms with E-state index in [0.29, 0.717) is 17.8 Å². The summed E-state index contributed by atoms with van der Waals surface area (Å²) in [5, 5.41) is 11.3. The van der Waals surface area contributed by atoms with Crippen molar-refractivity contribution in [3.63, 3.8) is 0 Å². The molecule has 3 aliphatic heterocycles. The van der Waals surface area contributed by atoms with E-state index in [1.165, 1.54) is 22.5 Å². The summed E-state index contributed by atoms with van der Waals surface area (Å²) in [7, 11) is 0. The Morgan fingerprint density at radius 3 is 2.64 bits per heavy atom. The summed E-state index contributed by atoms with van der Waals surface area (Å²) in [6.07, 6.45) is 5.01. The molecule has 3 saturated heterocycles. The van der Waals surface area contributed by atoms with E-state index in [1.807, 2.05) is 43.0 Å². The molecule has 3 fully saturated rings. The van der Waals surface area contributed by atoms with Crippen LogP contribution < -0.4 is 0 Å². The average molecular weight is 626 g/mol. The molecule has 0 saturated carbocycles. The molecular formula is C33H47N5O5S. The molecule has 44 heavy (non-hydrogen) atoms. The monoisotopic (exact) mass is 625 g/mol. The molecule has 0 aliphatic carbocycles. The number of likely N-dealkylation sites (tertiary alicyclic amines) is 1. The van der Waals surface area contributed by atoms with E-state index >= 15 is 0 Å². The first-order valence-electron chi connectivity index (χ1n) is 15.9. The molecular weight excluding hydrogens is 578 g/mol. The second kappa shape index (κ2) is 13.6. The Morgan fingerprint density at radius 1 is 1.16 bits per heavy atom. The number of carbonyl (C=O) groups is 3. The number of hydrogen-bond donors (Lipinski definition) is 1. The third kappa shape index (κ3) is 7.33. The standard InChI is InChI=1S/C33H47N5O5S/c1-22(2)18-26-32(42)37-25(19-33(3,4)5)31(41)36(23-14-16-35(20-23)15-8-9-17-39)21-29(37)38(43-26)30(40)13-12-28-34-24-10-6-7-11-27(24)44-28/h6-7,10-13,22-23,25-26,29,39H,8-9,14-21H2,1-5H3/b13-12+/t23-,25-,26+,29-/m0/s1. The van der Waals surface area contributed by atoms with Crippen molar-refractivity contribution < 1.29 is 24.3 Å². The predicted octanol–water partition coefficient (Wildman–Crippen LogP) is 4.15. The summed E-state index contributed by atoms with van der Waals surface area (Å²) < 4.78 is 1.04. The van der Waals surface area contributed by atoms with E-state index < -0.39 is 18.3 Å². The van der Waals surface area contributed by atoms with Crippen LogP contribution in [0.1, 0.15) is 71.7 Å². The molecule has 5 rings (SSSR count). The summed E-state index contributed by atoms with van der Waals surface area (Å²) in [5.74, 6) is -0.484. The first-order valence-corrected chi connectivity index (χ1v) is 16.8. The Balaban J connectivity index is 1.45. The molecule has 4 heterocycles.